The van der Waals surface area contributed by atoms with Gasteiger partial charge in [0, 0.05) is 0 Å². The van der Waals surface area contributed by atoms with E-state index in [9.17, 15) is 4.79 Å². The van der Waals surface area contributed by atoms with Gasteiger partial charge in [-0.05, 0) is 43.8 Å². The maximum Gasteiger partial charge on any atom is 0.242 e. The van der Waals surface area contributed by atoms with Crippen LogP contribution in [0.25, 0.3) is 0 Å². The average molecular weight is 400 g/mol. The van der Waals surface area contributed by atoms with Gasteiger partial charge in [0.2, 0.25) is 5.91 Å². The summed E-state index contributed by atoms with van der Waals surface area (Å²) in [4.78, 5) is 20.2. The predicted octanol–water partition coefficient (Wildman–Crippen LogP) is 2.51. The summed E-state index contributed by atoms with van der Waals surface area (Å²) < 4.78 is 1.03. The second-order valence-corrected chi connectivity index (χ2v) is 5.68. The molecule has 0 radical (unpaired) electrons. The topological polar surface area (TPSA) is 80.9 Å². The number of aromatic nitrogens is 2. The fraction of sp³-hybridized carbons (Fsp3) is 0.154. The average Bonchev–Trinajstić information content (AvgIpc) is 2.43. The summed E-state index contributed by atoms with van der Waals surface area (Å²) in [5.41, 5.74) is 6.90. The molecule has 0 aliphatic carbocycles. The predicted molar refractivity (Wildman–Crippen MR) is 84.2 cm³/mol. The molecule has 0 saturated heterocycles. The molecule has 0 fully saturated rings. The first kappa shape index (κ1) is 15.1. The summed E-state index contributed by atoms with van der Waals surface area (Å²) in [7, 11) is 0. The number of carbonyl (C=O) groups excluding carboxylic acids is 1. The summed E-state index contributed by atoms with van der Waals surface area (Å²) in [6.07, 6.45) is 1.97. The van der Waals surface area contributed by atoms with Crippen LogP contribution in [0.5, 0.6) is 0 Å². The molecule has 2 rings (SSSR count). The molecule has 20 heavy (non-hydrogen) atoms. The highest BCUT2D eigenvalue weighted by atomic mass is 79.9. The van der Waals surface area contributed by atoms with E-state index in [-0.39, 0.29) is 5.91 Å². The molecule has 1 amide bonds. The lowest BCUT2D eigenvalue weighted by Gasteiger charge is -2.12. The van der Waals surface area contributed by atoms with Crippen LogP contribution in [0.3, 0.4) is 0 Å². The van der Waals surface area contributed by atoms with E-state index in [1.807, 2.05) is 30.3 Å². The first-order chi connectivity index (χ1) is 9.56. The zero-order chi connectivity index (χ0) is 14.5. The Morgan fingerprint density at radius 2 is 2.00 bits per heavy atom. The lowest BCUT2D eigenvalue weighted by Crippen LogP contribution is -2.37. The van der Waals surface area contributed by atoms with Crippen molar-refractivity contribution in [3.63, 3.8) is 0 Å². The fourth-order valence-corrected chi connectivity index (χ4v) is 2.51. The van der Waals surface area contributed by atoms with E-state index >= 15 is 0 Å². The van der Waals surface area contributed by atoms with Crippen LogP contribution in [0.1, 0.15) is 5.56 Å². The van der Waals surface area contributed by atoms with Gasteiger partial charge in [0.05, 0.1) is 12.2 Å². The zero-order valence-electron chi connectivity index (χ0n) is 10.4. The normalized spacial score (nSPS) is 11.9. The Hall–Kier alpha value is -1.31. The third-order valence-corrected chi connectivity index (χ3v) is 3.51. The lowest BCUT2D eigenvalue weighted by atomic mass is 10.1. The number of nitrogens with zero attached hydrogens (tertiary/aromatic N) is 2. The third-order valence-electron chi connectivity index (χ3n) is 2.58. The monoisotopic (exact) mass is 398 g/mol. The molecule has 0 spiro atoms. The molecule has 3 N–H and O–H groups in total. The van der Waals surface area contributed by atoms with E-state index in [2.05, 4.69) is 47.1 Å². The van der Waals surface area contributed by atoms with Crippen LogP contribution < -0.4 is 11.1 Å². The van der Waals surface area contributed by atoms with Gasteiger partial charge in [0.15, 0.2) is 5.82 Å². The smallest absolute Gasteiger partial charge is 0.242 e. The van der Waals surface area contributed by atoms with E-state index < -0.39 is 6.04 Å². The second-order valence-electron chi connectivity index (χ2n) is 4.12. The number of hydrogen-bond donors (Lipinski definition) is 2. The quantitative estimate of drug-likeness (QED) is 0.827. The van der Waals surface area contributed by atoms with Crippen molar-refractivity contribution in [2.24, 2.45) is 5.73 Å². The molecule has 0 bridgehead atoms. The summed E-state index contributed by atoms with van der Waals surface area (Å²) in [5, 5.41) is 2.65. The first-order valence-electron chi connectivity index (χ1n) is 5.84. The Morgan fingerprint density at radius 3 is 2.65 bits per heavy atom. The van der Waals surface area contributed by atoms with Gasteiger partial charge >= 0.3 is 0 Å². The van der Waals surface area contributed by atoms with Crippen LogP contribution in [0.4, 0.5) is 5.82 Å². The van der Waals surface area contributed by atoms with Crippen molar-refractivity contribution in [1.29, 1.82) is 0 Å². The van der Waals surface area contributed by atoms with E-state index in [0.29, 0.717) is 21.4 Å². The molecule has 104 valence electrons. The van der Waals surface area contributed by atoms with Crippen molar-refractivity contribution in [3.8, 4) is 0 Å². The molecule has 0 aliphatic rings. The maximum absolute atomic E-state index is 12.0. The zero-order valence-corrected chi connectivity index (χ0v) is 13.6. The van der Waals surface area contributed by atoms with Gasteiger partial charge in [-0.3, -0.25) is 4.79 Å². The van der Waals surface area contributed by atoms with Crippen LogP contribution >= 0.6 is 31.9 Å². The molecule has 0 aliphatic heterocycles. The fourth-order valence-electron chi connectivity index (χ4n) is 1.60. The Bertz CT molecular complexity index is 607. The van der Waals surface area contributed by atoms with Crippen molar-refractivity contribution >= 4 is 43.6 Å². The van der Waals surface area contributed by atoms with Gasteiger partial charge in [0.1, 0.15) is 9.21 Å². The Balaban J connectivity index is 2.01. The molecule has 1 aromatic carbocycles. The van der Waals surface area contributed by atoms with Crippen LogP contribution in [0, 0.1) is 0 Å². The van der Waals surface area contributed by atoms with Gasteiger partial charge in [-0.1, -0.05) is 30.3 Å². The number of nitrogens with one attached hydrogen (secondary N) is 1. The van der Waals surface area contributed by atoms with Crippen molar-refractivity contribution in [2.45, 2.75) is 12.5 Å². The number of carbonyl (C=O) groups is 1. The molecule has 0 saturated carbocycles. The molecule has 5 nitrogen and oxygen atoms in total. The number of nitrogens with two attached hydrogens (primary N) is 1. The maximum atomic E-state index is 12.0. The molecule has 1 atom stereocenters. The van der Waals surface area contributed by atoms with E-state index in [1.54, 1.807) is 0 Å². The third kappa shape index (κ3) is 4.09. The van der Waals surface area contributed by atoms with Crippen LogP contribution in [0.15, 0.2) is 45.7 Å². The Kier molecular flexibility index (Phi) is 5.22. The standard InChI is InChI=1S/C13H12Br2N4O/c14-10-7-17-12(11(15)18-10)19-13(20)9(16)6-8-4-2-1-3-5-8/h1-5,7,9H,6,16H2,(H,17,19,20)/t9-/m0/s1. The molecular weight excluding hydrogens is 388 g/mol. The van der Waals surface area contributed by atoms with Crippen LogP contribution in [-0.2, 0) is 11.2 Å². The summed E-state index contributed by atoms with van der Waals surface area (Å²) in [5.74, 6) is 0.0490. The number of halogens is 2. The molecule has 1 aromatic heterocycles. The number of anilines is 1. The van der Waals surface area contributed by atoms with E-state index in [4.69, 9.17) is 5.73 Å². The summed E-state index contributed by atoms with van der Waals surface area (Å²) in [6, 6.07) is 8.97. The van der Waals surface area contributed by atoms with Gasteiger partial charge in [-0.2, -0.15) is 0 Å². The summed E-state index contributed by atoms with van der Waals surface area (Å²) >= 11 is 6.43. The molecule has 7 heteroatoms. The highest BCUT2D eigenvalue weighted by Gasteiger charge is 2.16. The summed E-state index contributed by atoms with van der Waals surface area (Å²) in [6.45, 7) is 0. The SMILES string of the molecule is N[C@@H](Cc1ccccc1)C(=O)Nc1ncc(Br)nc1Br. The van der Waals surface area contributed by atoms with Gasteiger partial charge in [0.25, 0.3) is 0 Å². The number of benzene rings is 1. The van der Waals surface area contributed by atoms with E-state index in [1.165, 1.54) is 6.20 Å². The molecule has 0 unspecified atom stereocenters. The van der Waals surface area contributed by atoms with Crippen LogP contribution in [0.2, 0.25) is 0 Å². The van der Waals surface area contributed by atoms with Crippen LogP contribution in [-0.4, -0.2) is 21.9 Å². The number of rotatable bonds is 4. The first-order valence-corrected chi connectivity index (χ1v) is 7.43. The van der Waals surface area contributed by atoms with Gasteiger partial charge in [-0.15, -0.1) is 0 Å². The molecule has 2 aromatic rings. The largest absolute Gasteiger partial charge is 0.320 e. The minimum atomic E-state index is -0.644. The minimum Gasteiger partial charge on any atom is -0.320 e. The lowest BCUT2D eigenvalue weighted by molar-refractivity contribution is -0.117. The van der Waals surface area contributed by atoms with Crippen molar-refractivity contribution in [1.82, 2.24) is 9.97 Å². The van der Waals surface area contributed by atoms with Gasteiger partial charge < -0.3 is 11.1 Å². The minimum absolute atomic E-state index is 0.300. The van der Waals surface area contributed by atoms with Gasteiger partial charge in [-0.25, -0.2) is 9.97 Å². The van der Waals surface area contributed by atoms with Crippen molar-refractivity contribution < 1.29 is 4.79 Å². The Labute approximate surface area is 133 Å². The van der Waals surface area contributed by atoms with E-state index in [0.717, 1.165) is 5.56 Å². The molecule has 1 heterocycles. The highest BCUT2D eigenvalue weighted by molar-refractivity contribution is 9.11. The second kappa shape index (κ2) is 6.92. The number of amides is 1. The van der Waals surface area contributed by atoms with Crippen molar-refractivity contribution in [3.05, 3.63) is 51.3 Å². The number of hydrogen-bond acceptors (Lipinski definition) is 4. The highest BCUT2D eigenvalue weighted by Crippen LogP contribution is 2.19. The Morgan fingerprint density at radius 1 is 1.30 bits per heavy atom. The molecular formula is C13H12Br2N4O. The van der Waals surface area contributed by atoms with Crippen molar-refractivity contribution in [2.75, 3.05) is 5.32 Å².